The topological polar surface area (TPSA) is 107 Å². The Labute approximate surface area is 109 Å². The summed E-state index contributed by atoms with van der Waals surface area (Å²) in [5.74, 6) is 0.551. The molecule has 1 atom stereocenters. The number of carbonyl (C=O) groups excluding carboxylic acids is 1. The molecular formula is C10H15N5O2S. The van der Waals surface area contributed by atoms with E-state index < -0.39 is 11.9 Å². The van der Waals surface area contributed by atoms with Gasteiger partial charge in [-0.1, -0.05) is 11.8 Å². The molecule has 1 aromatic heterocycles. The van der Waals surface area contributed by atoms with E-state index in [-0.39, 0.29) is 6.61 Å². The van der Waals surface area contributed by atoms with Gasteiger partial charge in [-0.3, -0.25) is 4.79 Å². The first-order valence-electron chi connectivity index (χ1n) is 5.44. The number of hydrogen-bond acceptors (Lipinski definition) is 7. The molecule has 18 heavy (non-hydrogen) atoms. The highest BCUT2D eigenvalue weighted by atomic mass is 32.2. The second kappa shape index (κ2) is 5.40. The molecule has 0 spiro atoms. The molecule has 0 aliphatic carbocycles. The van der Waals surface area contributed by atoms with Gasteiger partial charge in [-0.05, 0) is 6.26 Å². The molecule has 0 aromatic carbocycles. The second-order valence-electron chi connectivity index (χ2n) is 3.82. The SMILES string of the molecule is CSc1nc(N)cc(N2CCOCC2C(N)=O)n1. The Balaban J connectivity index is 2.33. The lowest BCUT2D eigenvalue weighted by atomic mass is 10.2. The maximum absolute atomic E-state index is 11.4. The molecule has 7 nitrogen and oxygen atoms in total. The zero-order valence-corrected chi connectivity index (χ0v) is 10.8. The monoisotopic (exact) mass is 269 g/mol. The average molecular weight is 269 g/mol. The number of thioether (sulfide) groups is 1. The zero-order valence-electron chi connectivity index (χ0n) is 10.00. The summed E-state index contributed by atoms with van der Waals surface area (Å²) in [6, 6.07) is 1.13. The number of nitrogens with two attached hydrogens (primary N) is 2. The normalized spacial score (nSPS) is 19.8. The third-order valence-corrected chi connectivity index (χ3v) is 3.19. The van der Waals surface area contributed by atoms with Gasteiger partial charge in [0.25, 0.3) is 0 Å². The fourth-order valence-electron chi connectivity index (χ4n) is 1.78. The van der Waals surface area contributed by atoms with Crippen molar-refractivity contribution < 1.29 is 9.53 Å². The largest absolute Gasteiger partial charge is 0.383 e. The molecule has 4 N–H and O–H groups in total. The molecule has 1 fully saturated rings. The summed E-state index contributed by atoms with van der Waals surface area (Å²) in [6.45, 7) is 1.36. The first-order chi connectivity index (χ1) is 8.61. The quantitative estimate of drug-likeness (QED) is 0.561. The number of morpholine rings is 1. The van der Waals surface area contributed by atoms with Gasteiger partial charge in [-0.25, -0.2) is 9.97 Å². The summed E-state index contributed by atoms with van der Waals surface area (Å²) in [6.07, 6.45) is 1.86. The number of primary amides is 1. The number of rotatable bonds is 3. The molecule has 98 valence electrons. The van der Waals surface area contributed by atoms with Gasteiger partial charge in [0.15, 0.2) is 5.16 Å². The minimum Gasteiger partial charge on any atom is -0.383 e. The highest BCUT2D eigenvalue weighted by Gasteiger charge is 2.29. The first-order valence-corrected chi connectivity index (χ1v) is 6.66. The van der Waals surface area contributed by atoms with Crippen molar-refractivity contribution in [3.8, 4) is 0 Å². The van der Waals surface area contributed by atoms with Crippen LogP contribution >= 0.6 is 11.8 Å². The van der Waals surface area contributed by atoms with Crippen LogP contribution in [0.2, 0.25) is 0 Å². The van der Waals surface area contributed by atoms with Gasteiger partial charge in [-0.2, -0.15) is 0 Å². The van der Waals surface area contributed by atoms with Crippen LogP contribution in [0.4, 0.5) is 11.6 Å². The lowest BCUT2D eigenvalue weighted by Crippen LogP contribution is -2.53. The van der Waals surface area contributed by atoms with Crippen LogP contribution in [0.1, 0.15) is 0 Å². The van der Waals surface area contributed by atoms with Crippen molar-refractivity contribution in [2.24, 2.45) is 5.73 Å². The van der Waals surface area contributed by atoms with Crippen molar-refractivity contribution in [2.75, 3.05) is 36.6 Å². The van der Waals surface area contributed by atoms with E-state index in [0.29, 0.717) is 29.9 Å². The third kappa shape index (κ3) is 2.65. The van der Waals surface area contributed by atoms with Gasteiger partial charge in [0.1, 0.15) is 17.7 Å². The minimum absolute atomic E-state index is 0.272. The van der Waals surface area contributed by atoms with E-state index in [4.69, 9.17) is 16.2 Å². The van der Waals surface area contributed by atoms with Gasteiger partial charge < -0.3 is 21.1 Å². The zero-order chi connectivity index (χ0) is 13.1. The number of anilines is 2. The summed E-state index contributed by atoms with van der Waals surface area (Å²) in [5, 5.41) is 0.569. The van der Waals surface area contributed by atoms with Gasteiger partial charge in [0, 0.05) is 12.6 Å². The van der Waals surface area contributed by atoms with Gasteiger partial charge in [-0.15, -0.1) is 0 Å². The highest BCUT2D eigenvalue weighted by Crippen LogP contribution is 2.22. The molecule has 1 aromatic rings. The molecule has 0 saturated carbocycles. The van der Waals surface area contributed by atoms with E-state index in [1.54, 1.807) is 6.07 Å². The van der Waals surface area contributed by atoms with E-state index in [0.717, 1.165) is 0 Å². The number of nitrogen functional groups attached to an aromatic ring is 1. The van der Waals surface area contributed by atoms with Crippen LogP contribution in [0.25, 0.3) is 0 Å². The maximum atomic E-state index is 11.4. The van der Waals surface area contributed by atoms with Crippen molar-refractivity contribution in [1.82, 2.24) is 9.97 Å². The van der Waals surface area contributed by atoms with E-state index >= 15 is 0 Å². The Hall–Kier alpha value is -1.54. The number of ether oxygens (including phenoxy) is 1. The van der Waals surface area contributed by atoms with E-state index in [1.807, 2.05) is 11.2 Å². The molecule has 1 amide bonds. The third-order valence-electron chi connectivity index (χ3n) is 2.65. The van der Waals surface area contributed by atoms with E-state index in [9.17, 15) is 4.79 Å². The Bertz CT molecular complexity index is 456. The number of aromatic nitrogens is 2. The number of amides is 1. The van der Waals surface area contributed by atoms with E-state index in [2.05, 4.69) is 9.97 Å². The van der Waals surface area contributed by atoms with Gasteiger partial charge in [0.2, 0.25) is 5.91 Å². The molecule has 0 radical (unpaired) electrons. The summed E-state index contributed by atoms with van der Waals surface area (Å²) in [7, 11) is 0. The van der Waals surface area contributed by atoms with Crippen molar-refractivity contribution >= 4 is 29.3 Å². The summed E-state index contributed by atoms with van der Waals surface area (Å²) >= 11 is 1.39. The molecule has 1 aliphatic rings. The average Bonchev–Trinajstić information content (AvgIpc) is 2.38. The Kier molecular flexibility index (Phi) is 3.87. The Morgan fingerprint density at radius 2 is 2.39 bits per heavy atom. The van der Waals surface area contributed by atoms with Crippen molar-refractivity contribution in [3.63, 3.8) is 0 Å². The standard InChI is InChI=1S/C10H15N5O2S/c1-18-10-13-7(11)4-8(14-10)15-2-3-17-5-6(15)9(12)16/h4,6H,2-3,5H2,1H3,(H2,12,16)(H2,11,13,14). The molecular weight excluding hydrogens is 254 g/mol. The molecule has 2 rings (SSSR count). The summed E-state index contributed by atoms with van der Waals surface area (Å²) < 4.78 is 5.26. The molecule has 8 heteroatoms. The maximum Gasteiger partial charge on any atom is 0.242 e. The molecule has 1 aliphatic heterocycles. The van der Waals surface area contributed by atoms with Crippen LogP contribution in [0.5, 0.6) is 0 Å². The second-order valence-corrected chi connectivity index (χ2v) is 4.60. The van der Waals surface area contributed by atoms with Crippen LogP contribution in [0.15, 0.2) is 11.2 Å². The molecule has 1 saturated heterocycles. The van der Waals surface area contributed by atoms with Crippen LogP contribution in [-0.2, 0) is 9.53 Å². The lowest BCUT2D eigenvalue weighted by molar-refractivity contribution is -0.121. The van der Waals surface area contributed by atoms with Crippen LogP contribution in [-0.4, -0.2) is 47.9 Å². The van der Waals surface area contributed by atoms with Crippen LogP contribution in [0, 0.1) is 0 Å². The number of carbonyl (C=O) groups is 1. The molecule has 0 bridgehead atoms. The number of nitrogens with zero attached hydrogens (tertiary/aromatic N) is 3. The van der Waals surface area contributed by atoms with E-state index in [1.165, 1.54) is 11.8 Å². The minimum atomic E-state index is -0.511. The lowest BCUT2D eigenvalue weighted by Gasteiger charge is -2.34. The Morgan fingerprint density at radius 3 is 3.06 bits per heavy atom. The van der Waals surface area contributed by atoms with Crippen molar-refractivity contribution in [3.05, 3.63) is 6.07 Å². The van der Waals surface area contributed by atoms with Crippen LogP contribution in [0.3, 0.4) is 0 Å². The number of hydrogen-bond donors (Lipinski definition) is 2. The summed E-state index contributed by atoms with van der Waals surface area (Å²) in [4.78, 5) is 21.6. The summed E-state index contributed by atoms with van der Waals surface area (Å²) in [5.41, 5.74) is 11.1. The predicted molar refractivity (Wildman–Crippen MR) is 69.4 cm³/mol. The molecule has 2 heterocycles. The highest BCUT2D eigenvalue weighted by molar-refractivity contribution is 7.98. The fraction of sp³-hybridized carbons (Fsp3) is 0.500. The Morgan fingerprint density at radius 1 is 1.61 bits per heavy atom. The first kappa shape index (κ1) is 12.9. The predicted octanol–water partition coefficient (Wildman–Crippen LogP) is -0.529. The van der Waals surface area contributed by atoms with Gasteiger partial charge >= 0.3 is 0 Å². The van der Waals surface area contributed by atoms with Gasteiger partial charge in [0.05, 0.1) is 13.2 Å². The van der Waals surface area contributed by atoms with Crippen LogP contribution < -0.4 is 16.4 Å². The smallest absolute Gasteiger partial charge is 0.242 e. The fourth-order valence-corrected chi connectivity index (χ4v) is 2.16. The van der Waals surface area contributed by atoms with Crippen molar-refractivity contribution in [2.45, 2.75) is 11.2 Å². The molecule has 1 unspecified atom stereocenters. The van der Waals surface area contributed by atoms with Crippen molar-refractivity contribution in [1.29, 1.82) is 0 Å².